The molecule has 1 aromatic heterocycles. The van der Waals surface area contributed by atoms with Gasteiger partial charge in [-0.15, -0.1) is 11.3 Å². The average molecular weight is 255 g/mol. The Morgan fingerprint density at radius 2 is 2.24 bits per heavy atom. The predicted molar refractivity (Wildman–Crippen MR) is 71.1 cm³/mol. The molecule has 0 aliphatic rings. The van der Waals surface area contributed by atoms with Gasteiger partial charge in [0.1, 0.15) is 6.04 Å². The van der Waals surface area contributed by atoms with Crippen molar-refractivity contribution in [3.8, 4) is 0 Å². The highest BCUT2D eigenvalue weighted by Gasteiger charge is 2.26. The van der Waals surface area contributed by atoms with Gasteiger partial charge in [0.05, 0.1) is 7.11 Å². The molecule has 3 atom stereocenters. The van der Waals surface area contributed by atoms with Crippen LogP contribution in [0.3, 0.4) is 0 Å². The van der Waals surface area contributed by atoms with Gasteiger partial charge in [0.15, 0.2) is 0 Å². The molecule has 0 bridgehead atoms. The van der Waals surface area contributed by atoms with Crippen LogP contribution >= 0.6 is 11.3 Å². The lowest BCUT2D eigenvalue weighted by molar-refractivity contribution is -0.144. The van der Waals surface area contributed by atoms with Gasteiger partial charge in [-0.1, -0.05) is 26.3 Å². The molecule has 0 fully saturated rings. The van der Waals surface area contributed by atoms with Crippen LogP contribution in [0.5, 0.6) is 0 Å². The van der Waals surface area contributed by atoms with Gasteiger partial charge in [0.25, 0.3) is 0 Å². The Morgan fingerprint density at radius 1 is 1.53 bits per heavy atom. The van der Waals surface area contributed by atoms with Gasteiger partial charge in [-0.05, 0) is 24.3 Å². The fourth-order valence-corrected chi connectivity index (χ4v) is 2.46. The zero-order chi connectivity index (χ0) is 12.8. The molecule has 0 aliphatic heterocycles. The fraction of sp³-hybridized carbons (Fsp3) is 0.615. The summed E-state index contributed by atoms with van der Waals surface area (Å²) in [5.41, 5.74) is 0. The molecule has 0 aromatic carbocycles. The highest BCUT2D eigenvalue weighted by atomic mass is 32.1. The second kappa shape index (κ2) is 6.77. The Balaban J connectivity index is 2.69. The third-order valence-electron chi connectivity index (χ3n) is 3.07. The first-order valence-electron chi connectivity index (χ1n) is 5.97. The Bertz CT molecular complexity index is 337. The van der Waals surface area contributed by atoms with Crippen molar-refractivity contribution in [3.05, 3.63) is 22.4 Å². The number of rotatable bonds is 6. The molecule has 17 heavy (non-hydrogen) atoms. The first kappa shape index (κ1) is 14.2. The van der Waals surface area contributed by atoms with Crippen LogP contribution in [0.15, 0.2) is 17.5 Å². The largest absolute Gasteiger partial charge is 0.468 e. The van der Waals surface area contributed by atoms with E-state index in [1.807, 2.05) is 11.4 Å². The Labute approximate surface area is 107 Å². The number of hydrogen-bond acceptors (Lipinski definition) is 4. The zero-order valence-electron chi connectivity index (χ0n) is 10.9. The van der Waals surface area contributed by atoms with Crippen molar-refractivity contribution in [1.82, 2.24) is 5.32 Å². The number of methoxy groups -OCH3 is 1. The van der Waals surface area contributed by atoms with Gasteiger partial charge in [0.2, 0.25) is 0 Å². The van der Waals surface area contributed by atoms with Crippen molar-refractivity contribution < 1.29 is 9.53 Å². The molecule has 0 radical (unpaired) electrons. The summed E-state index contributed by atoms with van der Waals surface area (Å²) < 4.78 is 4.86. The third-order valence-corrected chi connectivity index (χ3v) is 4.12. The zero-order valence-corrected chi connectivity index (χ0v) is 11.7. The second-order valence-corrected chi connectivity index (χ2v) is 5.27. The van der Waals surface area contributed by atoms with Crippen LogP contribution in [0.25, 0.3) is 0 Å². The van der Waals surface area contributed by atoms with Gasteiger partial charge >= 0.3 is 5.97 Å². The average Bonchev–Trinajstić information content (AvgIpc) is 2.87. The van der Waals surface area contributed by atoms with E-state index in [4.69, 9.17) is 4.74 Å². The van der Waals surface area contributed by atoms with Crippen molar-refractivity contribution in [2.45, 2.75) is 39.3 Å². The maximum absolute atomic E-state index is 11.7. The summed E-state index contributed by atoms with van der Waals surface area (Å²) in [6, 6.07) is 4.04. The van der Waals surface area contributed by atoms with Crippen LogP contribution in [-0.2, 0) is 9.53 Å². The van der Waals surface area contributed by atoms with Gasteiger partial charge in [-0.3, -0.25) is 10.1 Å². The molecule has 3 nitrogen and oxygen atoms in total. The van der Waals surface area contributed by atoms with E-state index < -0.39 is 0 Å². The van der Waals surface area contributed by atoms with Gasteiger partial charge in [-0.25, -0.2) is 0 Å². The van der Waals surface area contributed by atoms with Crippen LogP contribution in [0.2, 0.25) is 0 Å². The summed E-state index contributed by atoms with van der Waals surface area (Å²) in [4.78, 5) is 13.0. The molecule has 1 aromatic rings. The quantitative estimate of drug-likeness (QED) is 0.794. The molecule has 4 heteroatoms. The van der Waals surface area contributed by atoms with Crippen LogP contribution in [0, 0.1) is 5.92 Å². The topological polar surface area (TPSA) is 38.3 Å². The first-order chi connectivity index (χ1) is 8.10. The van der Waals surface area contributed by atoms with Gasteiger partial charge < -0.3 is 4.74 Å². The smallest absolute Gasteiger partial charge is 0.323 e. The minimum absolute atomic E-state index is 0.174. The molecule has 0 amide bonds. The minimum Gasteiger partial charge on any atom is -0.468 e. The summed E-state index contributed by atoms with van der Waals surface area (Å²) in [7, 11) is 1.44. The van der Waals surface area contributed by atoms with Crippen molar-refractivity contribution >= 4 is 17.3 Å². The number of ether oxygens (including phenoxy) is 1. The van der Waals surface area contributed by atoms with E-state index in [0.29, 0.717) is 0 Å². The number of thiophene rings is 1. The standard InChI is InChI=1S/C13H21NO2S/c1-5-9(2)12(13(15)16-4)14-10(3)11-7-6-8-17-11/h6-10,12,14H,5H2,1-4H3. The van der Waals surface area contributed by atoms with Crippen molar-refractivity contribution in [3.63, 3.8) is 0 Å². The summed E-state index contributed by atoms with van der Waals surface area (Å²) in [5.74, 6) is 0.0904. The number of carbonyl (C=O) groups is 1. The Morgan fingerprint density at radius 3 is 2.71 bits per heavy atom. The van der Waals surface area contributed by atoms with E-state index in [2.05, 4.69) is 32.2 Å². The van der Waals surface area contributed by atoms with Crippen molar-refractivity contribution in [2.24, 2.45) is 5.92 Å². The fourth-order valence-electron chi connectivity index (χ4n) is 1.72. The SMILES string of the molecule is CCC(C)C(NC(C)c1cccs1)C(=O)OC. The lowest BCUT2D eigenvalue weighted by Crippen LogP contribution is -2.43. The van der Waals surface area contributed by atoms with Crippen molar-refractivity contribution in [2.75, 3.05) is 7.11 Å². The molecule has 1 rings (SSSR count). The Hall–Kier alpha value is -0.870. The molecule has 0 saturated heterocycles. The van der Waals surface area contributed by atoms with E-state index in [0.717, 1.165) is 6.42 Å². The summed E-state index contributed by atoms with van der Waals surface area (Å²) >= 11 is 1.70. The number of hydrogen-bond donors (Lipinski definition) is 1. The van der Waals surface area contributed by atoms with E-state index in [9.17, 15) is 4.79 Å². The second-order valence-electron chi connectivity index (χ2n) is 4.29. The number of carbonyl (C=O) groups excluding carboxylic acids is 1. The molecular weight excluding hydrogens is 234 g/mol. The lowest BCUT2D eigenvalue weighted by atomic mass is 9.98. The molecule has 0 spiro atoms. The maximum Gasteiger partial charge on any atom is 0.323 e. The first-order valence-corrected chi connectivity index (χ1v) is 6.85. The van der Waals surface area contributed by atoms with E-state index in [1.54, 1.807) is 11.3 Å². The van der Waals surface area contributed by atoms with E-state index in [1.165, 1.54) is 12.0 Å². The summed E-state index contributed by atoms with van der Waals surface area (Å²) in [6.45, 7) is 6.22. The van der Waals surface area contributed by atoms with E-state index in [-0.39, 0.29) is 24.0 Å². The minimum atomic E-state index is -0.234. The van der Waals surface area contributed by atoms with E-state index >= 15 is 0 Å². The highest BCUT2D eigenvalue weighted by Crippen LogP contribution is 2.21. The van der Waals surface area contributed by atoms with Crippen LogP contribution in [0.1, 0.15) is 38.1 Å². The normalized spacial score (nSPS) is 16.2. The molecule has 1 heterocycles. The van der Waals surface area contributed by atoms with Gasteiger partial charge in [0, 0.05) is 10.9 Å². The lowest BCUT2D eigenvalue weighted by Gasteiger charge is -2.25. The van der Waals surface area contributed by atoms with Gasteiger partial charge in [-0.2, -0.15) is 0 Å². The third kappa shape index (κ3) is 3.82. The molecular formula is C13H21NO2S. The molecule has 96 valence electrons. The van der Waals surface area contributed by atoms with Crippen LogP contribution in [0.4, 0.5) is 0 Å². The molecule has 1 N–H and O–H groups in total. The molecule has 0 aliphatic carbocycles. The monoisotopic (exact) mass is 255 g/mol. The predicted octanol–water partition coefficient (Wildman–Crippen LogP) is 2.99. The van der Waals surface area contributed by atoms with Crippen LogP contribution < -0.4 is 5.32 Å². The molecule has 0 saturated carbocycles. The van der Waals surface area contributed by atoms with Crippen LogP contribution in [-0.4, -0.2) is 19.1 Å². The Kier molecular flexibility index (Phi) is 5.65. The molecule has 3 unspecified atom stereocenters. The highest BCUT2D eigenvalue weighted by molar-refractivity contribution is 7.10. The maximum atomic E-state index is 11.7. The van der Waals surface area contributed by atoms with Crippen molar-refractivity contribution in [1.29, 1.82) is 0 Å². The summed E-state index contributed by atoms with van der Waals surface area (Å²) in [6.07, 6.45) is 0.948. The number of nitrogens with one attached hydrogen (secondary N) is 1. The number of esters is 1. The summed E-state index contributed by atoms with van der Waals surface area (Å²) in [5, 5.41) is 5.40.